The Morgan fingerprint density at radius 3 is 2.67 bits per heavy atom. The Balaban J connectivity index is 1.39. The van der Waals surface area contributed by atoms with Crippen LogP contribution in [-0.2, 0) is 4.74 Å². The molecule has 214 valence electrons. The van der Waals surface area contributed by atoms with Gasteiger partial charge in [-0.3, -0.25) is 9.58 Å². The molecule has 3 aromatic rings. The Morgan fingerprint density at radius 2 is 1.98 bits per heavy atom. The summed E-state index contributed by atoms with van der Waals surface area (Å²) in [5.74, 6) is 1.73. The van der Waals surface area contributed by atoms with E-state index in [1.54, 1.807) is 48.8 Å². The second-order valence-corrected chi connectivity index (χ2v) is 11.2. The summed E-state index contributed by atoms with van der Waals surface area (Å²) >= 11 is 0. The number of alkyl halides is 1. The summed E-state index contributed by atoms with van der Waals surface area (Å²) in [6, 6.07) is 2.97. The average molecular weight is 556 g/mol. The summed E-state index contributed by atoms with van der Waals surface area (Å²) < 4.78 is 21.2. The van der Waals surface area contributed by atoms with Gasteiger partial charge >= 0.3 is 12.1 Å². The number of carbonyl (C=O) groups is 2. The van der Waals surface area contributed by atoms with E-state index in [1.165, 1.54) is 4.90 Å². The van der Waals surface area contributed by atoms with Crippen LogP contribution in [0.1, 0.15) is 47.1 Å². The molecule has 2 saturated heterocycles. The van der Waals surface area contributed by atoms with Crippen molar-refractivity contribution in [2.45, 2.75) is 65.0 Å². The molecule has 0 spiro atoms. The molecular weight excluding hydrogens is 521 g/mol. The summed E-state index contributed by atoms with van der Waals surface area (Å²) in [6.07, 6.45) is 0.487. The van der Waals surface area contributed by atoms with Gasteiger partial charge in [0.15, 0.2) is 5.82 Å². The van der Waals surface area contributed by atoms with Crippen molar-refractivity contribution in [1.82, 2.24) is 29.6 Å². The molecule has 40 heavy (non-hydrogen) atoms. The number of amides is 3. The maximum Gasteiger partial charge on any atom is 0.418 e. The predicted molar refractivity (Wildman–Crippen MR) is 147 cm³/mol. The summed E-state index contributed by atoms with van der Waals surface area (Å²) in [5, 5.41) is 18.2. The SMILES string of the molecule is CC(C)n1nc(N2CCN(C(=O)OC(C)(C)C)C2=O)c2cnc(Nc3ccnc(N4CCC(O)C(F)C4)n3)cc21. The van der Waals surface area contributed by atoms with Gasteiger partial charge in [-0.2, -0.15) is 10.1 Å². The van der Waals surface area contributed by atoms with Crippen molar-refractivity contribution in [2.75, 3.05) is 41.3 Å². The lowest BCUT2D eigenvalue weighted by Gasteiger charge is -2.32. The first kappa shape index (κ1) is 27.5. The van der Waals surface area contributed by atoms with Gasteiger partial charge in [0.05, 0.1) is 30.1 Å². The van der Waals surface area contributed by atoms with Crippen molar-refractivity contribution >= 4 is 46.4 Å². The van der Waals surface area contributed by atoms with E-state index in [4.69, 9.17) is 9.84 Å². The van der Waals surface area contributed by atoms with Crippen molar-refractivity contribution in [3.63, 3.8) is 0 Å². The van der Waals surface area contributed by atoms with Crippen LogP contribution in [0.25, 0.3) is 10.9 Å². The monoisotopic (exact) mass is 555 g/mol. The highest BCUT2D eigenvalue weighted by Gasteiger charge is 2.39. The lowest BCUT2D eigenvalue weighted by molar-refractivity contribution is 0.0354. The Bertz CT molecular complexity index is 1420. The summed E-state index contributed by atoms with van der Waals surface area (Å²) in [4.78, 5) is 43.3. The van der Waals surface area contributed by atoms with E-state index in [1.807, 2.05) is 19.9 Å². The summed E-state index contributed by atoms with van der Waals surface area (Å²) in [6.45, 7) is 10.1. The largest absolute Gasteiger partial charge is 0.443 e. The van der Waals surface area contributed by atoms with Gasteiger partial charge in [0, 0.05) is 37.6 Å². The number of piperidine rings is 1. The minimum atomic E-state index is -1.36. The highest BCUT2D eigenvalue weighted by Crippen LogP contribution is 2.32. The van der Waals surface area contributed by atoms with Crippen LogP contribution in [0.3, 0.4) is 0 Å². The number of ether oxygens (including phenoxy) is 1. The Morgan fingerprint density at radius 1 is 1.20 bits per heavy atom. The summed E-state index contributed by atoms with van der Waals surface area (Å²) in [5.41, 5.74) is 0.0195. The number of fused-ring (bicyclic) bond motifs is 1. The first-order chi connectivity index (χ1) is 18.9. The smallest absolute Gasteiger partial charge is 0.418 e. The second-order valence-electron chi connectivity index (χ2n) is 11.2. The topological polar surface area (TPSA) is 142 Å². The van der Waals surface area contributed by atoms with Crippen LogP contribution >= 0.6 is 0 Å². The van der Waals surface area contributed by atoms with Crippen LogP contribution < -0.4 is 15.1 Å². The third kappa shape index (κ3) is 5.48. The summed E-state index contributed by atoms with van der Waals surface area (Å²) in [7, 11) is 0. The zero-order valence-electron chi connectivity index (χ0n) is 23.2. The molecular formula is C26H34FN9O4. The maximum atomic E-state index is 14.0. The molecule has 2 atom stereocenters. The number of aromatic nitrogens is 5. The minimum absolute atomic E-state index is 0.0196. The Kier molecular flexibility index (Phi) is 7.21. The van der Waals surface area contributed by atoms with Crippen LogP contribution in [0.5, 0.6) is 0 Å². The van der Waals surface area contributed by atoms with E-state index >= 15 is 0 Å². The minimum Gasteiger partial charge on any atom is -0.443 e. The average Bonchev–Trinajstić information content (AvgIpc) is 3.45. The zero-order valence-corrected chi connectivity index (χ0v) is 23.2. The maximum absolute atomic E-state index is 14.0. The number of halogens is 1. The van der Waals surface area contributed by atoms with E-state index in [0.717, 1.165) is 10.4 Å². The van der Waals surface area contributed by atoms with Gasteiger partial charge in [-0.1, -0.05) is 0 Å². The van der Waals surface area contributed by atoms with Crippen LogP contribution in [0.15, 0.2) is 24.5 Å². The molecule has 5 heterocycles. The number of nitrogens with one attached hydrogen (secondary N) is 1. The lowest BCUT2D eigenvalue weighted by atomic mass is 10.1. The number of aliphatic hydroxyl groups excluding tert-OH is 1. The van der Waals surface area contributed by atoms with Gasteiger partial charge in [0.1, 0.15) is 23.4 Å². The molecule has 3 amide bonds. The van der Waals surface area contributed by atoms with Gasteiger partial charge in [-0.15, -0.1) is 0 Å². The van der Waals surface area contributed by atoms with Gasteiger partial charge in [0.25, 0.3) is 0 Å². The first-order valence-corrected chi connectivity index (χ1v) is 13.3. The first-order valence-electron chi connectivity index (χ1n) is 13.3. The number of pyridine rings is 1. The second kappa shape index (κ2) is 10.5. The number of nitrogens with zero attached hydrogens (tertiary/aromatic N) is 8. The Hall–Kier alpha value is -4.07. The van der Waals surface area contributed by atoms with E-state index in [2.05, 4.69) is 20.3 Å². The number of hydrogen-bond donors (Lipinski definition) is 2. The zero-order chi connectivity index (χ0) is 28.8. The molecule has 2 aliphatic heterocycles. The van der Waals surface area contributed by atoms with Gasteiger partial charge in [0.2, 0.25) is 5.95 Å². The molecule has 2 aliphatic rings. The number of carbonyl (C=O) groups excluding carboxylic acids is 2. The van der Waals surface area contributed by atoms with E-state index < -0.39 is 30.0 Å². The van der Waals surface area contributed by atoms with Gasteiger partial charge in [-0.05, 0) is 47.1 Å². The standard InChI is InChI=1S/C26H34FN9O4/c1-15(2)36-18-12-21(30-20-6-8-28-23(31-20)33-9-7-19(37)17(27)14-33)29-13-16(18)22(32-36)34-10-11-35(24(34)38)25(39)40-26(3,4)5/h6,8,12-13,15,17,19,37H,7,9-11,14H2,1-5H3,(H,28,29,30,31). The number of hydrogen-bond acceptors (Lipinski definition) is 10. The molecule has 13 nitrogen and oxygen atoms in total. The fourth-order valence-corrected chi connectivity index (χ4v) is 4.67. The van der Waals surface area contributed by atoms with Crippen LogP contribution in [0.4, 0.5) is 37.4 Å². The van der Waals surface area contributed by atoms with Gasteiger partial charge in [-0.25, -0.2) is 28.8 Å². The van der Waals surface area contributed by atoms with Crippen molar-refractivity contribution in [3.05, 3.63) is 24.5 Å². The van der Waals surface area contributed by atoms with E-state index in [0.29, 0.717) is 41.8 Å². The van der Waals surface area contributed by atoms with Gasteiger partial charge < -0.3 is 20.1 Å². The number of urea groups is 1. The number of anilines is 4. The quantitative estimate of drug-likeness (QED) is 0.479. The van der Waals surface area contributed by atoms with Crippen molar-refractivity contribution in [2.24, 2.45) is 0 Å². The van der Waals surface area contributed by atoms with E-state index in [9.17, 15) is 19.1 Å². The molecule has 0 bridgehead atoms. The molecule has 0 aromatic carbocycles. The molecule has 3 aromatic heterocycles. The molecule has 5 rings (SSSR count). The third-order valence-electron chi connectivity index (χ3n) is 6.63. The molecule has 0 saturated carbocycles. The third-order valence-corrected chi connectivity index (χ3v) is 6.63. The van der Waals surface area contributed by atoms with E-state index in [-0.39, 0.29) is 25.7 Å². The highest BCUT2D eigenvalue weighted by molar-refractivity contribution is 6.07. The van der Waals surface area contributed by atoms with Crippen LogP contribution in [-0.4, -0.2) is 90.9 Å². The fourth-order valence-electron chi connectivity index (χ4n) is 4.67. The lowest BCUT2D eigenvalue weighted by Crippen LogP contribution is -2.45. The normalized spacial score (nSPS) is 20.1. The molecule has 0 aliphatic carbocycles. The number of imide groups is 1. The van der Waals surface area contributed by atoms with Crippen molar-refractivity contribution in [3.8, 4) is 0 Å². The van der Waals surface area contributed by atoms with Crippen LogP contribution in [0.2, 0.25) is 0 Å². The van der Waals surface area contributed by atoms with Crippen molar-refractivity contribution < 1.29 is 23.8 Å². The fraction of sp³-hybridized carbons (Fsp3) is 0.538. The van der Waals surface area contributed by atoms with Crippen molar-refractivity contribution in [1.29, 1.82) is 0 Å². The Labute approximate surface area is 230 Å². The number of aliphatic hydroxyl groups is 1. The highest BCUT2D eigenvalue weighted by atomic mass is 19.1. The molecule has 2 unspecified atom stereocenters. The molecule has 0 radical (unpaired) electrons. The predicted octanol–water partition coefficient (Wildman–Crippen LogP) is 3.63. The number of rotatable bonds is 5. The molecule has 2 N–H and O–H groups in total. The van der Waals surface area contributed by atoms with Crippen LogP contribution in [0, 0.1) is 0 Å². The molecule has 14 heteroatoms. The molecule has 2 fully saturated rings.